The molecule has 0 saturated carbocycles. The van der Waals surface area contributed by atoms with Gasteiger partial charge in [-0.25, -0.2) is 9.97 Å². The summed E-state index contributed by atoms with van der Waals surface area (Å²) >= 11 is 3.22. The summed E-state index contributed by atoms with van der Waals surface area (Å²) in [6.45, 7) is 0. The minimum atomic E-state index is -0.280. The number of nitrogens with two attached hydrogens (primary N) is 1. The molecule has 1 amide bonds. The lowest BCUT2D eigenvalue weighted by Crippen LogP contribution is -2.10. The molecule has 1 aliphatic carbocycles. The number of carbonyl (C=O) groups is 1. The molecule has 0 radical (unpaired) electrons. The van der Waals surface area contributed by atoms with Gasteiger partial charge in [-0.1, -0.05) is 18.2 Å². The Morgan fingerprint density at radius 2 is 2.04 bits per heavy atom. The molecule has 25 heavy (non-hydrogen) atoms. The Morgan fingerprint density at radius 3 is 2.88 bits per heavy atom. The number of thiophene rings is 1. The number of benzene rings is 1. The van der Waals surface area contributed by atoms with E-state index in [-0.39, 0.29) is 5.91 Å². The zero-order valence-corrected chi connectivity index (χ0v) is 15.5. The van der Waals surface area contributed by atoms with Crippen LogP contribution in [0.15, 0.2) is 34.9 Å². The van der Waals surface area contributed by atoms with E-state index in [1.165, 1.54) is 47.9 Å². The van der Waals surface area contributed by atoms with E-state index in [2.05, 4.69) is 33.5 Å². The zero-order valence-electron chi connectivity index (χ0n) is 13.8. The summed E-state index contributed by atoms with van der Waals surface area (Å²) in [5.41, 5.74) is 10.6. The maximum absolute atomic E-state index is 11.0. The van der Waals surface area contributed by atoms with Gasteiger partial charge in [0.2, 0.25) is 5.91 Å². The first-order chi connectivity index (χ1) is 12.2. The summed E-state index contributed by atoms with van der Waals surface area (Å²) in [6.07, 6.45) is 6.89. The normalized spacial score (nSPS) is 13.8. The van der Waals surface area contributed by atoms with Gasteiger partial charge in [0.15, 0.2) is 0 Å². The summed E-state index contributed by atoms with van der Waals surface area (Å²) in [4.78, 5) is 20.9. The minimum Gasteiger partial charge on any atom is -0.370 e. The number of amides is 1. The van der Waals surface area contributed by atoms with E-state index in [1.54, 1.807) is 29.4 Å². The molecule has 0 atom stereocenters. The topological polar surface area (TPSA) is 68.9 Å². The maximum Gasteiger partial charge on any atom is 0.218 e. The largest absolute Gasteiger partial charge is 0.370 e. The molecule has 2 heterocycles. The second-order valence-electron chi connectivity index (χ2n) is 6.26. The van der Waals surface area contributed by atoms with E-state index >= 15 is 0 Å². The van der Waals surface area contributed by atoms with Crippen molar-refractivity contribution in [3.8, 4) is 11.1 Å². The molecule has 2 N–H and O–H groups in total. The van der Waals surface area contributed by atoms with Crippen molar-refractivity contribution < 1.29 is 4.79 Å². The van der Waals surface area contributed by atoms with Crippen LogP contribution in [0.3, 0.4) is 0 Å². The minimum absolute atomic E-state index is 0.280. The average molecular weight is 370 g/mol. The lowest BCUT2D eigenvalue weighted by Gasteiger charge is -2.16. The molecule has 1 aliphatic rings. The number of carbonyl (C=O) groups excluding carboxylic acids is 1. The van der Waals surface area contributed by atoms with Crippen LogP contribution in [0.2, 0.25) is 0 Å². The quantitative estimate of drug-likeness (QED) is 0.540. The highest BCUT2D eigenvalue weighted by molar-refractivity contribution is 7.99. The third-order valence-electron chi connectivity index (χ3n) is 4.58. The molecular formula is C19H19N3OS2. The second-order valence-corrected chi connectivity index (χ2v) is 8.21. The smallest absolute Gasteiger partial charge is 0.218 e. The van der Waals surface area contributed by atoms with Crippen LogP contribution in [-0.2, 0) is 17.6 Å². The SMILES string of the molecule is NC(=O)CCSc1ncnc2scc(-c3ccc4c(c3)CCCC4)c12. The third-order valence-corrected chi connectivity index (χ3v) is 6.46. The van der Waals surface area contributed by atoms with Gasteiger partial charge in [-0.15, -0.1) is 23.1 Å². The van der Waals surface area contributed by atoms with Crippen molar-refractivity contribution in [2.75, 3.05) is 5.75 Å². The molecule has 1 aromatic carbocycles. The number of rotatable bonds is 5. The fourth-order valence-electron chi connectivity index (χ4n) is 3.32. The highest BCUT2D eigenvalue weighted by Crippen LogP contribution is 2.39. The van der Waals surface area contributed by atoms with Crippen LogP contribution in [0.1, 0.15) is 30.4 Å². The van der Waals surface area contributed by atoms with Crippen molar-refractivity contribution in [3.63, 3.8) is 0 Å². The molecule has 2 aromatic heterocycles. The predicted molar refractivity (Wildman–Crippen MR) is 104 cm³/mol. The van der Waals surface area contributed by atoms with Crippen LogP contribution in [0.5, 0.6) is 0 Å². The molecule has 0 bridgehead atoms. The molecule has 0 fully saturated rings. The van der Waals surface area contributed by atoms with E-state index < -0.39 is 0 Å². The highest BCUT2D eigenvalue weighted by Gasteiger charge is 2.16. The molecule has 128 valence electrons. The van der Waals surface area contributed by atoms with Gasteiger partial charge in [-0.2, -0.15) is 0 Å². The lowest BCUT2D eigenvalue weighted by atomic mass is 9.89. The standard InChI is InChI=1S/C19H19N3OS2/c20-16(23)7-8-24-18-17-15(10-25-19(17)22-11-21-18)14-6-5-12-3-1-2-4-13(12)9-14/h5-6,9-11H,1-4,7-8H2,(H2,20,23). The van der Waals surface area contributed by atoms with Crippen molar-refractivity contribution in [2.24, 2.45) is 5.73 Å². The van der Waals surface area contributed by atoms with E-state index in [0.29, 0.717) is 12.2 Å². The van der Waals surface area contributed by atoms with E-state index in [9.17, 15) is 4.79 Å². The van der Waals surface area contributed by atoms with E-state index in [0.717, 1.165) is 15.2 Å². The molecular weight excluding hydrogens is 350 g/mol. The Morgan fingerprint density at radius 1 is 1.20 bits per heavy atom. The predicted octanol–water partition coefficient (Wildman–Crippen LogP) is 4.20. The van der Waals surface area contributed by atoms with Gasteiger partial charge < -0.3 is 5.73 Å². The summed E-state index contributed by atoms with van der Waals surface area (Å²) in [5.74, 6) is 0.360. The molecule has 0 saturated heterocycles. The molecule has 3 aromatic rings. The number of nitrogens with zero attached hydrogens (tertiary/aromatic N) is 2. The monoisotopic (exact) mass is 369 g/mol. The van der Waals surface area contributed by atoms with Crippen LogP contribution in [0, 0.1) is 0 Å². The Labute approximate surface area is 154 Å². The Kier molecular flexibility index (Phi) is 4.72. The molecule has 4 rings (SSSR count). The number of thioether (sulfide) groups is 1. The molecule has 6 heteroatoms. The molecule has 0 spiro atoms. The van der Waals surface area contributed by atoms with Crippen LogP contribution in [0.4, 0.5) is 0 Å². The summed E-state index contributed by atoms with van der Waals surface area (Å²) in [5, 5.41) is 4.19. The van der Waals surface area contributed by atoms with E-state index in [4.69, 9.17) is 5.73 Å². The highest BCUT2D eigenvalue weighted by atomic mass is 32.2. The average Bonchev–Trinajstić information content (AvgIpc) is 3.06. The van der Waals surface area contributed by atoms with Gasteiger partial charge >= 0.3 is 0 Å². The molecule has 0 unspecified atom stereocenters. The van der Waals surface area contributed by atoms with Crippen molar-refractivity contribution in [2.45, 2.75) is 37.1 Å². The number of hydrogen-bond acceptors (Lipinski definition) is 5. The van der Waals surface area contributed by atoms with Crippen molar-refractivity contribution in [1.29, 1.82) is 0 Å². The summed E-state index contributed by atoms with van der Waals surface area (Å²) in [6, 6.07) is 6.83. The summed E-state index contributed by atoms with van der Waals surface area (Å²) < 4.78 is 0. The first kappa shape index (κ1) is 16.5. The van der Waals surface area contributed by atoms with Gasteiger partial charge in [-0.3, -0.25) is 4.79 Å². The lowest BCUT2D eigenvalue weighted by molar-refractivity contribution is -0.117. The first-order valence-corrected chi connectivity index (χ1v) is 10.3. The summed E-state index contributed by atoms with van der Waals surface area (Å²) in [7, 11) is 0. The van der Waals surface area contributed by atoms with Crippen molar-refractivity contribution >= 4 is 39.2 Å². The Balaban J connectivity index is 1.73. The van der Waals surface area contributed by atoms with Gasteiger partial charge in [0.25, 0.3) is 0 Å². The maximum atomic E-state index is 11.0. The fourth-order valence-corrected chi connectivity index (χ4v) is 5.27. The van der Waals surface area contributed by atoms with Gasteiger partial charge in [-0.05, 0) is 42.4 Å². The first-order valence-electron chi connectivity index (χ1n) is 8.48. The van der Waals surface area contributed by atoms with Crippen LogP contribution < -0.4 is 5.73 Å². The fraction of sp³-hybridized carbons (Fsp3) is 0.316. The second kappa shape index (κ2) is 7.14. The number of primary amides is 1. The Bertz CT molecular complexity index is 936. The molecule has 4 nitrogen and oxygen atoms in total. The van der Waals surface area contributed by atoms with E-state index in [1.807, 2.05) is 0 Å². The van der Waals surface area contributed by atoms with Crippen LogP contribution >= 0.6 is 23.1 Å². The van der Waals surface area contributed by atoms with Crippen LogP contribution in [0.25, 0.3) is 21.3 Å². The number of hydrogen-bond donors (Lipinski definition) is 1. The van der Waals surface area contributed by atoms with Gasteiger partial charge in [0.1, 0.15) is 16.2 Å². The van der Waals surface area contributed by atoms with Gasteiger partial charge in [0, 0.05) is 23.1 Å². The Hall–Kier alpha value is -1.92. The van der Waals surface area contributed by atoms with Gasteiger partial charge in [0.05, 0.1) is 5.39 Å². The zero-order chi connectivity index (χ0) is 17.2. The third kappa shape index (κ3) is 3.41. The van der Waals surface area contributed by atoms with Crippen molar-refractivity contribution in [3.05, 3.63) is 41.0 Å². The number of aromatic nitrogens is 2. The van der Waals surface area contributed by atoms with Crippen molar-refractivity contribution in [1.82, 2.24) is 9.97 Å². The number of aryl methyl sites for hydroxylation is 2. The van der Waals surface area contributed by atoms with Crippen LogP contribution in [-0.4, -0.2) is 21.6 Å². The molecule has 0 aliphatic heterocycles. The number of fused-ring (bicyclic) bond motifs is 2.